The van der Waals surface area contributed by atoms with E-state index in [-0.39, 0.29) is 0 Å². The average molecular weight is 295 g/mol. The third kappa shape index (κ3) is 3.93. The summed E-state index contributed by atoms with van der Waals surface area (Å²) in [5, 5.41) is 4.10. The van der Waals surface area contributed by atoms with Crippen LogP contribution in [0, 0.1) is 0 Å². The van der Waals surface area contributed by atoms with Gasteiger partial charge in [-0.2, -0.15) is 0 Å². The molecule has 0 spiro atoms. The molecule has 1 aliphatic rings. The molecule has 0 unspecified atom stereocenters. The molecule has 1 N–H and O–H groups in total. The Bertz CT molecular complexity index is 554. The van der Waals surface area contributed by atoms with Gasteiger partial charge in [-0.05, 0) is 25.0 Å². The number of rotatable bonds is 6. The van der Waals surface area contributed by atoms with Crippen LogP contribution in [0.3, 0.4) is 0 Å². The van der Waals surface area contributed by atoms with Crippen molar-refractivity contribution in [1.82, 2.24) is 10.3 Å². The summed E-state index contributed by atoms with van der Waals surface area (Å²) in [6.45, 7) is 1.53. The first-order chi connectivity index (χ1) is 9.29. The van der Waals surface area contributed by atoms with Crippen LogP contribution in [0.15, 0.2) is 30.6 Å². The third-order valence-corrected chi connectivity index (χ3v) is 4.19. The lowest BCUT2D eigenvalue weighted by molar-refractivity contribution is 0.308. The van der Waals surface area contributed by atoms with E-state index in [2.05, 4.69) is 22.4 Å². The molecule has 0 bridgehead atoms. The first kappa shape index (κ1) is 12.9. The summed E-state index contributed by atoms with van der Waals surface area (Å²) < 4.78 is 5.67. The monoisotopic (exact) mass is 294 g/mol. The van der Waals surface area contributed by atoms with Crippen molar-refractivity contribution >= 4 is 22.9 Å². The second-order valence-corrected chi connectivity index (χ2v) is 6.34. The molecule has 0 atom stereocenters. The van der Waals surface area contributed by atoms with E-state index >= 15 is 0 Å². The van der Waals surface area contributed by atoms with Gasteiger partial charge >= 0.3 is 0 Å². The van der Waals surface area contributed by atoms with Crippen LogP contribution >= 0.6 is 22.9 Å². The molecule has 1 saturated carbocycles. The number of hydrogen-bond acceptors (Lipinski definition) is 4. The summed E-state index contributed by atoms with van der Waals surface area (Å²) in [6.07, 6.45) is 5.92. The number of hydrogen-bond donors (Lipinski definition) is 1. The first-order valence-corrected chi connectivity index (χ1v) is 7.53. The Morgan fingerprint density at radius 2 is 2.16 bits per heavy atom. The van der Waals surface area contributed by atoms with Gasteiger partial charge in [0.1, 0.15) is 12.4 Å². The van der Waals surface area contributed by atoms with Gasteiger partial charge in [0, 0.05) is 34.6 Å². The summed E-state index contributed by atoms with van der Waals surface area (Å²) >= 11 is 7.64. The molecule has 0 aliphatic heterocycles. The van der Waals surface area contributed by atoms with E-state index < -0.39 is 0 Å². The molecule has 2 heterocycles. The molecule has 0 saturated heterocycles. The van der Waals surface area contributed by atoms with E-state index in [0.29, 0.717) is 17.4 Å². The highest BCUT2D eigenvalue weighted by atomic mass is 35.5. The molecular formula is C14H15ClN2OS. The quantitative estimate of drug-likeness (QED) is 0.883. The molecule has 100 valence electrons. The molecule has 19 heavy (non-hydrogen) atoms. The highest BCUT2D eigenvalue weighted by Crippen LogP contribution is 2.23. The van der Waals surface area contributed by atoms with E-state index in [1.54, 1.807) is 29.8 Å². The maximum atomic E-state index is 5.86. The molecule has 2 aromatic heterocycles. The zero-order chi connectivity index (χ0) is 13.1. The number of halogens is 1. The predicted molar refractivity (Wildman–Crippen MR) is 77.8 cm³/mol. The largest absolute Gasteiger partial charge is 0.486 e. The Hall–Kier alpha value is -1.10. The van der Waals surface area contributed by atoms with Crippen LogP contribution in [0.4, 0.5) is 0 Å². The van der Waals surface area contributed by atoms with Crippen LogP contribution < -0.4 is 10.1 Å². The van der Waals surface area contributed by atoms with Crippen LogP contribution in [0.2, 0.25) is 5.02 Å². The van der Waals surface area contributed by atoms with Gasteiger partial charge in [-0.15, -0.1) is 11.3 Å². The van der Waals surface area contributed by atoms with Crippen molar-refractivity contribution in [1.29, 1.82) is 0 Å². The highest BCUT2D eigenvalue weighted by Gasteiger charge is 2.20. The van der Waals surface area contributed by atoms with Crippen molar-refractivity contribution in [2.45, 2.75) is 32.0 Å². The average Bonchev–Trinajstić information content (AvgIpc) is 3.13. The van der Waals surface area contributed by atoms with E-state index in [9.17, 15) is 0 Å². The summed E-state index contributed by atoms with van der Waals surface area (Å²) in [6, 6.07) is 6.80. The van der Waals surface area contributed by atoms with Gasteiger partial charge in [-0.3, -0.25) is 4.98 Å². The maximum Gasteiger partial charge on any atom is 0.139 e. The normalized spacial score (nSPS) is 14.6. The summed E-state index contributed by atoms with van der Waals surface area (Å²) in [5.41, 5.74) is 0. The summed E-state index contributed by atoms with van der Waals surface area (Å²) in [5.74, 6) is 0.707. The number of nitrogens with zero attached hydrogens (tertiary/aromatic N) is 1. The fourth-order valence-electron chi connectivity index (χ4n) is 1.75. The van der Waals surface area contributed by atoms with Gasteiger partial charge in [0.15, 0.2) is 0 Å². The Balaban J connectivity index is 1.51. The minimum Gasteiger partial charge on any atom is -0.486 e. The van der Waals surface area contributed by atoms with Crippen molar-refractivity contribution in [2.24, 2.45) is 0 Å². The number of pyridine rings is 1. The SMILES string of the molecule is Clc1cncc(OCc2ccc(CNC3CC3)s2)c1. The Labute approximate surface area is 121 Å². The molecule has 1 fully saturated rings. The fourth-order valence-corrected chi connectivity index (χ4v) is 2.80. The van der Waals surface area contributed by atoms with Gasteiger partial charge in [-0.25, -0.2) is 0 Å². The Morgan fingerprint density at radius 3 is 2.95 bits per heavy atom. The first-order valence-electron chi connectivity index (χ1n) is 6.34. The second-order valence-electron chi connectivity index (χ2n) is 4.65. The number of thiophene rings is 1. The van der Waals surface area contributed by atoms with Gasteiger partial charge in [0.2, 0.25) is 0 Å². The molecule has 2 aromatic rings. The lowest BCUT2D eigenvalue weighted by Crippen LogP contribution is -2.14. The molecule has 0 amide bonds. The minimum atomic E-state index is 0.566. The molecule has 3 rings (SSSR count). The number of aromatic nitrogens is 1. The Morgan fingerprint density at radius 1 is 1.32 bits per heavy atom. The maximum absolute atomic E-state index is 5.86. The molecule has 0 aromatic carbocycles. The van der Waals surface area contributed by atoms with Crippen LogP contribution in [-0.2, 0) is 13.2 Å². The standard InChI is InChI=1S/C14H15ClN2OS/c15-10-5-12(7-16-6-10)18-9-14-4-3-13(19-14)8-17-11-1-2-11/h3-7,11,17H,1-2,8-9H2. The molecular weight excluding hydrogens is 280 g/mol. The van der Waals surface area contributed by atoms with E-state index in [1.165, 1.54) is 22.6 Å². The molecule has 5 heteroatoms. The lowest BCUT2D eigenvalue weighted by Gasteiger charge is -2.04. The second kappa shape index (κ2) is 5.90. The topological polar surface area (TPSA) is 34.1 Å². The van der Waals surface area contributed by atoms with Gasteiger partial charge in [0.05, 0.1) is 11.2 Å². The van der Waals surface area contributed by atoms with Crippen molar-refractivity contribution < 1.29 is 4.74 Å². The highest BCUT2D eigenvalue weighted by molar-refractivity contribution is 7.11. The van der Waals surface area contributed by atoms with Crippen LogP contribution in [0.5, 0.6) is 5.75 Å². The van der Waals surface area contributed by atoms with Crippen molar-refractivity contribution in [2.75, 3.05) is 0 Å². The zero-order valence-corrected chi connectivity index (χ0v) is 12.0. The minimum absolute atomic E-state index is 0.566. The van der Waals surface area contributed by atoms with Gasteiger partial charge < -0.3 is 10.1 Å². The van der Waals surface area contributed by atoms with Crippen LogP contribution in [0.25, 0.3) is 0 Å². The lowest BCUT2D eigenvalue weighted by atomic mass is 10.4. The van der Waals surface area contributed by atoms with Crippen LogP contribution in [0.1, 0.15) is 22.6 Å². The zero-order valence-electron chi connectivity index (χ0n) is 10.4. The summed E-state index contributed by atoms with van der Waals surface area (Å²) in [4.78, 5) is 6.57. The van der Waals surface area contributed by atoms with Crippen LogP contribution in [-0.4, -0.2) is 11.0 Å². The van der Waals surface area contributed by atoms with Crippen molar-refractivity contribution in [3.63, 3.8) is 0 Å². The smallest absolute Gasteiger partial charge is 0.139 e. The Kier molecular flexibility index (Phi) is 4.01. The van der Waals surface area contributed by atoms with E-state index in [0.717, 1.165) is 12.6 Å². The number of ether oxygens (including phenoxy) is 1. The molecule has 1 aliphatic carbocycles. The van der Waals surface area contributed by atoms with Crippen molar-refractivity contribution in [3.05, 3.63) is 45.4 Å². The van der Waals surface area contributed by atoms with E-state index in [4.69, 9.17) is 16.3 Å². The third-order valence-electron chi connectivity index (χ3n) is 2.92. The number of nitrogens with one attached hydrogen (secondary N) is 1. The molecule has 3 nitrogen and oxygen atoms in total. The fraction of sp³-hybridized carbons (Fsp3) is 0.357. The summed E-state index contributed by atoms with van der Waals surface area (Å²) in [7, 11) is 0. The predicted octanol–water partition coefficient (Wildman–Crippen LogP) is 3.63. The van der Waals surface area contributed by atoms with Crippen molar-refractivity contribution in [3.8, 4) is 5.75 Å². The van der Waals surface area contributed by atoms with Gasteiger partial charge in [0.25, 0.3) is 0 Å². The van der Waals surface area contributed by atoms with E-state index in [1.807, 2.05) is 0 Å². The molecule has 0 radical (unpaired) electrons. The van der Waals surface area contributed by atoms with Gasteiger partial charge in [-0.1, -0.05) is 11.6 Å².